The molecule has 0 saturated heterocycles. The van der Waals surface area contributed by atoms with Crippen molar-refractivity contribution in [2.75, 3.05) is 5.32 Å². The molecule has 2 N–H and O–H groups in total. The lowest BCUT2D eigenvalue weighted by Crippen LogP contribution is -2.43. The molecule has 3 nitrogen and oxygen atoms in total. The van der Waals surface area contributed by atoms with Crippen LogP contribution in [0.1, 0.15) is 31.9 Å². The molecule has 0 saturated carbocycles. The van der Waals surface area contributed by atoms with Crippen LogP contribution in [0.15, 0.2) is 48.5 Å². The molecule has 2 aromatic carbocycles. The summed E-state index contributed by atoms with van der Waals surface area (Å²) in [5, 5.41) is 6.60. The van der Waals surface area contributed by atoms with Crippen LogP contribution in [0.4, 0.5) is 10.5 Å². The van der Waals surface area contributed by atoms with E-state index in [0.717, 1.165) is 23.2 Å². The Kier molecular flexibility index (Phi) is 5.09. The molecule has 0 atom stereocenters. The zero-order valence-corrected chi connectivity index (χ0v) is 13.9. The Bertz CT molecular complexity index is 650. The molecule has 0 radical (unpaired) electrons. The van der Waals surface area contributed by atoms with Gasteiger partial charge in [0.25, 0.3) is 0 Å². The van der Waals surface area contributed by atoms with Gasteiger partial charge in [0.15, 0.2) is 0 Å². The van der Waals surface area contributed by atoms with Crippen molar-refractivity contribution >= 4 is 23.3 Å². The zero-order valence-electron chi connectivity index (χ0n) is 13.1. The van der Waals surface area contributed by atoms with Gasteiger partial charge in [0.2, 0.25) is 0 Å². The van der Waals surface area contributed by atoms with Gasteiger partial charge >= 0.3 is 6.03 Å². The average Bonchev–Trinajstić information content (AvgIpc) is 2.47. The summed E-state index contributed by atoms with van der Waals surface area (Å²) in [5.74, 6) is 0. The van der Waals surface area contributed by atoms with Crippen LogP contribution in [0.2, 0.25) is 5.02 Å². The second-order valence-corrected chi connectivity index (χ2v) is 6.16. The molecule has 0 aliphatic rings. The summed E-state index contributed by atoms with van der Waals surface area (Å²) in [6.07, 6.45) is 0.872. The summed E-state index contributed by atoms with van der Waals surface area (Å²) >= 11 is 5.91. The van der Waals surface area contributed by atoms with Crippen molar-refractivity contribution < 1.29 is 4.79 Å². The number of rotatable bonds is 4. The van der Waals surface area contributed by atoms with Gasteiger partial charge in [-0.05, 0) is 49.6 Å². The number of carbonyl (C=O) groups excluding carboxylic acids is 1. The van der Waals surface area contributed by atoms with E-state index in [4.69, 9.17) is 11.6 Å². The smallest absolute Gasteiger partial charge is 0.319 e. The number of halogens is 1. The van der Waals surface area contributed by atoms with Gasteiger partial charge in [-0.1, -0.05) is 48.9 Å². The maximum atomic E-state index is 12.3. The highest BCUT2D eigenvalue weighted by Gasteiger charge is 2.23. The molecule has 2 aromatic rings. The Morgan fingerprint density at radius 1 is 1.09 bits per heavy atom. The van der Waals surface area contributed by atoms with Crippen LogP contribution in [0, 0.1) is 0 Å². The molecule has 0 fully saturated rings. The number of anilines is 1. The monoisotopic (exact) mass is 316 g/mol. The average molecular weight is 317 g/mol. The lowest BCUT2D eigenvalue weighted by Gasteiger charge is -2.27. The van der Waals surface area contributed by atoms with Gasteiger partial charge in [-0.15, -0.1) is 0 Å². The van der Waals surface area contributed by atoms with Crippen molar-refractivity contribution in [3.05, 3.63) is 64.7 Å². The van der Waals surface area contributed by atoms with Crippen LogP contribution < -0.4 is 10.6 Å². The van der Waals surface area contributed by atoms with Crippen molar-refractivity contribution in [2.24, 2.45) is 0 Å². The second kappa shape index (κ2) is 6.84. The maximum absolute atomic E-state index is 12.3. The van der Waals surface area contributed by atoms with Crippen molar-refractivity contribution in [1.82, 2.24) is 5.32 Å². The zero-order chi connectivity index (χ0) is 16.2. The van der Waals surface area contributed by atoms with Gasteiger partial charge in [0.1, 0.15) is 0 Å². The van der Waals surface area contributed by atoms with Gasteiger partial charge < -0.3 is 10.6 Å². The number of urea groups is 1. The van der Waals surface area contributed by atoms with Crippen molar-refractivity contribution in [3.63, 3.8) is 0 Å². The normalized spacial score (nSPS) is 11.1. The summed E-state index contributed by atoms with van der Waals surface area (Å²) in [5.41, 5.74) is 2.46. The fraction of sp³-hybridized carbons (Fsp3) is 0.278. The minimum Gasteiger partial charge on any atom is -0.329 e. The quantitative estimate of drug-likeness (QED) is 0.822. The van der Waals surface area contributed by atoms with E-state index >= 15 is 0 Å². The summed E-state index contributed by atoms with van der Waals surface area (Å²) in [6, 6.07) is 15.1. The predicted molar refractivity (Wildman–Crippen MR) is 92.5 cm³/mol. The Balaban J connectivity index is 2.09. The van der Waals surface area contributed by atoms with E-state index in [2.05, 4.69) is 17.6 Å². The van der Waals surface area contributed by atoms with Crippen LogP contribution in [0.5, 0.6) is 0 Å². The number of benzene rings is 2. The summed E-state index contributed by atoms with van der Waals surface area (Å²) in [7, 11) is 0. The van der Waals surface area contributed by atoms with E-state index in [9.17, 15) is 4.79 Å². The molecule has 2 rings (SSSR count). The third-order valence-corrected chi connectivity index (χ3v) is 3.89. The number of para-hydroxylation sites is 1. The maximum Gasteiger partial charge on any atom is 0.319 e. The fourth-order valence-corrected chi connectivity index (χ4v) is 2.45. The van der Waals surface area contributed by atoms with Crippen LogP contribution in [0.3, 0.4) is 0 Å². The van der Waals surface area contributed by atoms with E-state index in [1.54, 1.807) is 0 Å². The van der Waals surface area contributed by atoms with Crippen molar-refractivity contribution in [1.29, 1.82) is 0 Å². The van der Waals surface area contributed by atoms with Crippen molar-refractivity contribution in [3.8, 4) is 0 Å². The minimum atomic E-state index is -0.490. The molecule has 4 heteroatoms. The first-order chi connectivity index (χ1) is 10.4. The molecule has 0 heterocycles. The molecule has 0 spiro atoms. The second-order valence-electron chi connectivity index (χ2n) is 5.72. The first kappa shape index (κ1) is 16.4. The largest absolute Gasteiger partial charge is 0.329 e. The highest BCUT2D eigenvalue weighted by Crippen LogP contribution is 2.22. The first-order valence-corrected chi connectivity index (χ1v) is 7.73. The van der Waals surface area contributed by atoms with Crippen molar-refractivity contribution in [2.45, 2.75) is 32.7 Å². The lowest BCUT2D eigenvalue weighted by molar-refractivity contribution is 0.242. The highest BCUT2D eigenvalue weighted by molar-refractivity contribution is 6.30. The van der Waals surface area contributed by atoms with Crippen LogP contribution in [0.25, 0.3) is 0 Å². The molecule has 0 unspecified atom stereocenters. The number of hydrogen-bond acceptors (Lipinski definition) is 1. The molecule has 2 amide bonds. The molecular weight excluding hydrogens is 296 g/mol. The van der Waals surface area contributed by atoms with Crippen LogP contribution in [-0.2, 0) is 12.0 Å². The third-order valence-electron chi connectivity index (χ3n) is 3.64. The SMILES string of the molecule is CCc1ccccc1NC(=O)NC(C)(C)c1ccc(Cl)cc1. The van der Waals surface area contributed by atoms with E-state index in [0.29, 0.717) is 5.02 Å². The van der Waals surface area contributed by atoms with Gasteiger partial charge in [-0.2, -0.15) is 0 Å². The molecule has 0 aliphatic carbocycles. The number of hydrogen-bond donors (Lipinski definition) is 2. The Morgan fingerprint density at radius 3 is 2.36 bits per heavy atom. The van der Waals surface area contributed by atoms with Gasteiger partial charge in [0.05, 0.1) is 5.54 Å². The fourth-order valence-electron chi connectivity index (χ4n) is 2.33. The molecule has 0 bridgehead atoms. The highest BCUT2D eigenvalue weighted by atomic mass is 35.5. The number of carbonyl (C=O) groups is 1. The summed E-state index contributed by atoms with van der Waals surface area (Å²) in [6.45, 7) is 5.99. The first-order valence-electron chi connectivity index (χ1n) is 7.35. The van der Waals surface area contributed by atoms with Gasteiger partial charge in [-0.3, -0.25) is 0 Å². The van der Waals surface area contributed by atoms with Gasteiger partial charge in [-0.25, -0.2) is 4.79 Å². The molecule has 116 valence electrons. The Labute approximate surface area is 136 Å². The summed E-state index contributed by atoms with van der Waals surface area (Å²) in [4.78, 5) is 12.3. The summed E-state index contributed by atoms with van der Waals surface area (Å²) < 4.78 is 0. The molecule has 0 aromatic heterocycles. The number of aryl methyl sites for hydroxylation is 1. The number of nitrogens with one attached hydrogen (secondary N) is 2. The van der Waals surface area contributed by atoms with Crippen LogP contribution >= 0.6 is 11.6 Å². The van der Waals surface area contributed by atoms with E-state index in [1.165, 1.54) is 0 Å². The van der Waals surface area contributed by atoms with E-state index in [-0.39, 0.29) is 6.03 Å². The third kappa shape index (κ3) is 4.01. The molecule has 22 heavy (non-hydrogen) atoms. The minimum absolute atomic E-state index is 0.221. The Morgan fingerprint density at radius 2 is 1.73 bits per heavy atom. The lowest BCUT2D eigenvalue weighted by atomic mass is 9.94. The van der Waals surface area contributed by atoms with E-state index in [1.807, 2.05) is 62.4 Å². The molecule has 0 aliphatic heterocycles. The molecular formula is C18H21ClN2O. The van der Waals surface area contributed by atoms with E-state index < -0.39 is 5.54 Å². The van der Waals surface area contributed by atoms with Crippen LogP contribution in [-0.4, -0.2) is 6.03 Å². The standard InChI is InChI=1S/C18H21ClN2O/c1-4-13-7-5-6-8-16(13)20-17(22)21-18(2,3)14-9-11-15(19)12-10-14/h5-12H,4H2,1-3H3,(H2,20,21,22). The number of amides is 2. The predicted octanol–water partition coefficient (Wildman–Crippen LogP) is 4.96. The topological polar surface area (TPSA) is 41.1 Å². The van der Waals surface area contributed by atoms with Gasteiger partial charge in [0, 0.05) is 10.7 Å². The Hall–Kier alpha value is -2.00.